The van der Waals surface area contributed by atoms with Crippen LogP contribution in [0.3, 0.4) is 0 Å². The first-order chi connectivity index (χ1) is 11.7. The molecular weight excluding hydrogens is 326 g/mol. The molecule has 2 aromatic rings. The van der Waals surface area contributed by atoms with Crippen LogP contribution in [-0.2, 0) is 9.53 Å². The van der Waals surface area contributed by atoms with Gasteiger partial charge in [-0.25, -0.2) is 19.1 Å². The van der Waals surface area contributed by atoms with E-state index in [1.165, 1.54) is 17.3 Å². The van der Waals surface area contributed by atoms with Crippen LogP contribution in [0.5, 0.6) is 0 Å². The van der Waals surface area contributed by atoms with Crippen LogP contribution in [0.25, 0.3) is 11.1 Å². The molecule has 1 amide bonds. The van der Waals surface area contributed by atoms with Crippen molar-refractivity contribution in [2.75, 3.05) is 12.3 Å². The van der Waals surface area contributed by atoms with E-state index in [1.54, 1.807) is 37.4 Å². The highest BCUT2D eigenvalue weighted by Crippen LogP contribution is 2.28. The standard InChI is InChI=1S/C16H19N5O4/c1-16(2,3)25-15(24)20-7-9(6-12(20)14(22)23)10-4-5-11-13(17)18-8-19-21(10)11/h4-6,8,12H,7H2,1-3H3,(H,22,23)(H2,17,18,19). The van der Waals surface area contributed by atoms with Crippen molar-refractivity contribution in [3.05, 3.63) is 30.2 Å². The van der Waals surface area contributed by atoms with Gasteiger partial charge < -0.3 is 15.6 Å². The molecule has 9 nitrogen and oxygen atoms in total. The first-order valence-electron chi connectivity index (χ1n) is 7.69. The number of carboxylic acids is 1. The average molecular weight is 345 g/mol. The highest BCUT2D eigenvalue weighted by Gasteiger charge is 2.37. The molecule has 2 aromatic heterocycles. The summed E-state index contributed by atoms with van der Waals surface area (Å²) in [6.07, 6.45) is 2.16. The van der Waals surface area contributed by atoms with Crippen LogP contribution >= 0.6 is 0 Å². The number of anilines is 1. The zero-order valence-corrected chi connectivity index (χ0v) is 14.1. The third-order valence-corrected chi connectivity index (χ3v) is 3.73. The maximum absolute atomic E-state index is 12.4. The summed E-state index contributed by atoms with van der Waals surface area (Å²) < 4.78 is 6.89. The third kappa shape index (κ3) is 3.12. The summed E-state index contributed by atoms with van der Waals surface area (Å²) in [5.41, 5.74) is 7.02. The number of carbonyl (C=O) groups excluding carboxylic acids is 1. The molecule has 0 aliphatic carbocycles. The molecule has 3 N–H and O–H groups in total. The maximum Gasteiger partial charge on any atom is 0.411 e. The molecule has 1 atom stereocenters. The summed E-state index contributed by atoms with van der Waals surface area (Å²) in [4.78, 5) is 29.0. The van der Waals surface area contributed by atoms with Gasteiger partial charge in [0.1, 0.15) is 17.4 Å². The van der Waals surface area contributed by atoms with Crippen LogP contribution in [-0.4, -0.2) is 54.9 Å². The molecule has 3 heterocycles. The Morgan fingerprint density at radius 3 is 2.72 bits per heavy atom. The average Bonchev–Trinajstić information content (AvgIpc) is 3.09. The van der Waals surface area contributed by atoms with E-state index in [0.717, 1.165) is 0 Å². The van der Waals surface area contributed by atoms with Gasteiger partial charge in [-0.05, 0) is 44.6 Å². The molecular formula is C16H19N5O4. The number of ether oxygens (including phenoxy) is 1. The predicted octanol–water partition coefficient (Wildman–Crippen LogP) is 1.40. The van der Waals surface area contributed by atoms with E-state index in [4.69, 9.17) is 10.5 Å². The maximum atomic E-state index is 12.4. The second-order valence-corrected chi connectivity index (χ2v) is 6.74. The minimum absolute atomic E-state index is 0.0991. The van der Waals surface area contributed by atoms with Gasteiger partial charge in [0.2, 0.25) is 0 Å². The normalized spacial score (nSPS) is 17.6. The molecule has 0 aromatic carbocycles. The smallest absolute Gasteiger partial charge is 0.411 e. The number of nitrogens with zero attached hydrogens (tertiary/aromatic N) is 4. The van der Waals surface area contributed by atoms with Gasteiger partial charge in [0.15, 0.2) is 11.9 Å². The first-order valence-corrected chi connectivity index (χ1v) is 7.69. The summed E-state index contributed by atoms with van der Waals surface area (Å²) in [6.45, 7) is 5.28. The number of hydrogen-bond acceptors (Lipinski definition) is 6. The van der Waals surface area contributed by atoms with Crippen LogP contribution in [0.15, 0.2) is 24.5 Å². The van der Waals surface area contributed by atoms with Gasteiger partial charge in [-0.3, -0.25) is 4.90 Å². The summed E-state index contributed by atoms with van der Waals surface area (Å²) in [7, 11) is 0. The molecule has 0 bridgehead atoms. The molecule has 0 spiro atoms. The third-order valence-electron chi connectivity index (χ3n) is 3.73. The predicted molar refractivity (Wildman–Crippen MR) is 89.7 cm³/mol. The van der Waals surface area contributed by atoms with Gasteiger partial charge in [0.05, 0.1) is 12.2 Å². The molecule has 0 radical (unpaired) electrons. The zero-order valence-electron chi connectivity index (χ0n) is 14.1. The number of fused-ring (bicyclic) bond motifs is 1. The number of aliphatic carboxylic acids is 1. The van der Waals surface area contributed by atoms with Gasteiger partial charge >= 0.3 is 12.1 Å². The van der Waals surface area contributed by atoms with Crippen LogP contribution < -0.4 is 5.73 Å². The fourth-order valence-corrected chi connectivity index (χ4v) is 2.68. The van der Waals surface area contributed by atoms with Crippen molar-refractivity contribution in [3.63, 3.8) is 0 Å². The Balaban J connectivity index is 1.95. The molecule has 1 unspecified atom stereocenters. The van der Waals surface area contributed by atoms with Crippen LogP contribution in [0.1, 0.15) is 26.5 Å². The fourth-order valence-electron chi connectivity index (χ4n) is 2.68. The lowest BCUT2D eigenvalue weighted by Crippen LogP contribution is -2.43. The largest absolute Gasteiger partial charge is 0.479 e. The minimum Gasteiger partial charge on any atom is -0.479 e. The van der Waals surface area contributed by atoms with Gasteiger partial charge in [-0.1, -0.05) is 0 Å². The van der Waals surface area contributed by atoms with E-state index < -0.39 is 23.7 Å². The summed E-state index contributed by atoms with van der Waals surface area (Å²) in [6, 6.07) is 2.41. The Labute approximate surface area is 143 Å². The van der Waals surface area contributed by atoms with Crippen molar-refractivity contribution in [2.45, 2.75) is 32.4 Å². The van der Waals surface area contributed by atoms with Crippen molar-refractivity contribution < 1.29 is 19.4 Å². The Bertz CT molecular complexity index is 880. The van der Waals surface area contributed by atoms with E-state index in [9.17, 15) is 14.7 Å². The van der Waals surface area contributed by atoms with Crippen molar-refractivity contribution in [1.29, 1.82) is 0 Å². The monoisotopic (exact) mass is 345 g/mol. The van der Waals surface area contributed by atoms with Gasteiger partial charge in [0.25, 0.3) is 0 Å². The first kappa shape index (κ1) is 16.7. The van der Waals surface area contributed by atoms with Crippen LogP contribution in [0.2, 0.25) is 0 Å². The van der Waals surface area contributed by atoms with Gasteiger partial charge in [-0.2, -0.15) is 5.10 Å². The van der Waals surface area contributed by atoms with Crippen molar-refractivity contribution in [2.24, 2.45) is 0 Å². The fraction of sp³-hybridized carbons (Fsp3) is 0.375. The molecule has 25 heavy (non-hydrogen) atoms. The molecule has 1 aliphatic heterocycles. The lowest BCUT2D eigenvalue weighted by atomic mass is 10.2. The lowest BCUT2D eigenvalue weighted by molar-refractivity contribution is -0.140. The number of carbonyl (C=O) groups is 2. The number of rotatable bonds is 2. The van der Waals surface area contributed by atoms with Gasteiger partial charge in [-0.15, -0.1) is 0 Å². The Morgan fingerprint density at radius 2 is 2.08 bits per heavy atom. The highest BCUT2D eigenvalue weighted by molar-refractivity contribution is 5.89. The van der Waals surface area contributed by atoms with E-state index >= 15 is 0 Å². The quantitative estimate of drug-likeness (QED) is 0.843. The topological polar surface area (TPSA) is 123 Å². The Kier molecular flexibility index (Phi) is 3.86. The Hall–Kier alpha value is -3.10. The lowest BCUT2D eigenvalue weighted by Gasteiger charge is -2.27. The number of amides is 1. The van der Waals surface area contributed by atoms with E-state index in [2.05, 4.69) is 10.1 Å². The molecule has 9 heteroatoms. The number of carboxylic acid groups (broad SMARTS) is 1. The summed E-state index contributed by atoms with van der Waals surface area (Å²) in [5, 5.41) is 13.6. The number of nitrogen functional groups attached to an aromatic ring is 1. The molecule has 132 valence electrons. The van der Waals surface area contributed by atoms with E-state index in [0.29, 0.717) is 22.6 Å². The number of nitrogens with two attached hydrogens (primary N) is 1. The minimum atomic E-state index is -1.13. The summed E-state index contributed by atoms with van der Waals surface area (Å²) in [5.74, 6) is -0.811. The molecule has 0 fully saturated rings. The van der Waals surface area contributed by atoms with Crippen LogP contribution in [0.4, 0.5) is 10.6 Å². The molecule has 0 saturated carbocycles. The van der Waals surface area contributed by atoms with Crippen molar-refractivity contribution in [3.8, 4) is 0 Å². The van der Waals surface area contributed by atoms with Crippen LogP contribution in [0, 0.1) is 0 Å². The van der Waals surface area contributed by atoms with E-state index in [-0.39, 0.29) is 6.54 Å². The zero-order chi connectivity index (χ0) is 18.4. The molecule has 3 rings (SSSR count). The SMILES string of the molecule is CC(C)(C)OC(=O)N1CC(c2ccc3c(N)ncnn23)=CC1C(=O)O. The van der Waals surface area contributed by atoms with E-state index in [1.807, 2.05) is 0 Å². The summed E-state index contributed by atoms with van der Waals surface area (Å²) >= 11 is 0. The van der Waals surface area contributed by atoms with Crippen molar-refractivity contribution in [1.82, 2.24) is 19.5 Å². The second kappa shape index (κ2) is 5.76. The molecule has 1 aliphatic rings. The second-order valence-electron chi connectivity index (χ2n) is 6.74. The number of hydrogen-bond donors (Lipinski definition) is 2. The Morgan fingerprint density at radius 1 is 1.36 bits per heavy atom. The van der Waals surface area contributed by atoms with Crippen molar-refractivity contribution >= 4 is 29.0 Å². The van der Waals surface area contributed by atoms with Gasteiger partial charge in [0, 0.05) is 0 Å². The highest BCUT2D eigenvalue weighted by atomic mass is 16.6. The molecule has 0 saturated heterocycles. The number of aromatic nitrogens is 3.